The summed E-state index contributed by atoms with van der Waals surface area (Å²) in [4.78, 5) is 21.2. The summed E-state index contributed by atoms with van der Waals surface area (Å²) in [7, 11) is 0. The van der Waals surface area contributed by atoms with Crippen LogP contribution >= 0.6 is 0 Å². The van der Waals surface area contributed by atoms with E-state index in [4.69, 9.17) is 4.74 Å². The van der Waals surface area contributed by atoms with Crippen molar-refractivity contribution < 1.29 is 4.74 Å². The van der Waals surface area contributed by atoms with Gasteiger partial charge in [0.25, 0.3) is 5.56 Å². The predicted octanol–water partition coefficient (Wildman–Crippen LogP) is 4.28. The monoisotopic (exact) mass is 464 g/mol. The Hall–Kier alpha value is -4.21. The molecule has 1 atom stereocenters. The summed E-state index contributed by atoms with van der Waals surface area (Å²) in [6, 6.07) is 23.3. The average Bonchev–Trinajstić information content (AvgIpc) is 2.88. The van der Waals surface area contributed by atoms with E-state index >= 15 is 0 Å². The second-order valence-corrected chi connectivity index (χ2v) is 8.18. The van der Waals surface area contributed by atoms with Gasteiger partial charge >= 0.3 is 0 Å². The van der Waals surface area contributed by atoms with Gasteiger partial charge in [0, 0.05) is 36.3 Å². The third-order valence-corrected chi connectivity index (χ3v) is 5.62. The van der Waals surface area contributed by atoms with Crippen molar-refractivity contribution in [2.45, 2.75) is 33.0 Å². The summed E-state index contributed by atoms with van der Waals surface area (Å²) in [5.74, 6) is 7.42. The van der Waals surface area contributed by atoms with E-state index in [1.165, 1.54) is 11.6 Å². The molecule has 6 heteroatoms. The Kier molecular flexibility index (Phi) is 8.05. The summed E-state index contributed by atoms with van der Waals surface area (Å²) in [6.45, 7) is 5.55. The van der Waals surface area contributed by atoms with E-state index in [0.717, 1.165) is 23.4 Å². The minimum Gasteiger partial charge on any atom is -0.485 e. The Balaban J connectivity index is 1.36. The lowest BCUT2D eigenvalue weighted by Crippen LogP contribution is -2.25. The van der Waals surface area contributed by atoms with Crippen LogP contribution < -0.4 is 15.6 Å². The SMILES string of the molecule is Cc1cc(OCc2ncccn2)cc(=O)n1[C@H](C)c1ccc(C#CCNCc2ccccc2)cc1. The Morgan fingerprint density at radius 1 is 1.00 bits per heavy atom. The van der Waals surface area contributed by atoms with Crippen molar-refractivity contribution in [1.29, 1.82) is 0 Å². The van der Waals surface area contributed by atoms with Gasteiger partial charge in [0.15, 0.2) is 5.82 Å². The molecule has 1 N–H and O–H groups in total. The van der Waals surface area contributed by atoms with E-state index in [2.05, 4.69) is 39.3 Å². The number of hydrogen-bond donors (Lipinski definition) is 1. The van der Waals surface area contributed by atoms with E-state index in [0.29, 0.717) is 18.1 Å². The number of ether oxygens (including phenoxy) is 1. The van der Waals surface area contributed by atoms with Crippen molar-refractivity contribution >= 4 is 0 Å². The molecule has 2 aromatic carbocycles. The fraction of sp³-hybridized carbons (Fsp3) is 0.207. The van der Waals surface area contributed by atoms with Gasteiger partial charge in [0.05, 0.1) is 12.6 Å². The van der Waals surface area contributed by atoms with Crippen LogP contribution in [0.25, 0.3) is 0 Å². The molecule has 0 fully saturated rings. The van der Waals surface area contributed by atoms with Gasteiger partial charge < -0.3 is 14.6 Å². The number of aryl methyl sites for hydroxylation is 1. The molecule has 0 amide bonds. The largest absolute Gasteiger partial charge is 0.485 e. The zero-order valence-corrected chi connectivity index (χ0v) is 19.9. The topological polar surface area (TPSA) is 69.0 Å². The summed E-state index contributed by atoms with van der Waals surface area (Å²) in [6.07, 6.45) is 3.33. The summed E-state index contributed by atoms with van der Waals surface area (Å²) < 4.78 is 7.50. The molecule has 0 bridgehead atoms. The van der Waals surface area contributed by atoms with Crippen LogP contribution in [0.2, 0.25) is 0 Å². The molecule has 2 aromatic heterocycles. The Bertz CT molecular complexity index is 1360. The molecular formula is C29H28N4O2. The molecule has 0 saturated heterocycles. The minimum absolute atomic E-state index is 0.116. The average molecular weight is 465 g/mol. The number of pyridine rings is 1. The van der Waals surface area contributed by atoms with Crippen molar-refractivity contribution in [2.75, 3.05) is 6.54 Å². The van der Waals surface area contributed by atoms with Crippen LogP contribution in [-0.2, 0) is 13.2 Å². The number of rotatable bonds is 8. The maximum atomic E-state index is 12.9. The lowest BCUT2D eigenvalue weighted by atomic mass is 10.1. The Morgan fingerprint density at radius 2 is 1.74 bits per heavy atom. The first-order chi connectivity index (χ1) is 17.1. The van der Waals surface area contributed by atoms with Gasteiger partial charge in [0.2, 0.25) is 0 Å². The molecule has 0 aliphatic heterocycles. The molecule has 176 valence electrons. The van der Waals surface area contributed by atoms with Crippen LogP contribution in [0.15, 0.2) is 90.0 Å². The maximum absolute atomic E-state index is 12.9. The molecule has 0 saturated carbocycles. The fourth-order valence-corrected chi connectivity index (χ4v) is 3.82. The zero-order chi connectivity index (χ0) is 24.5. The van der Waals surface area contributed by atoms with Crippen molar-refractivity contribution in [3.63, 3.8) is 0 Å². The van der Waals surface area contributed by atoms with Gasteiger partial charge in [-0.25, -0.2) is 9.97 Å². The van der Waals surface area contributed by atoms with Gasteiger partial charge in [-0.3, -0.25) is 4.79 Å². The van der Waals surface area contributed by atoms with Crippen LogP contribution in [-0.4, -0.2) is 21.1 Å². The third kappa shape index (κ3) is 6.66. The second kappa shape index (κ2) is 11.8. The zero-order valence-electron chi connectivity index (χ0n) is 19.9. The third-order valence-electron chi connectivity index (χ3n) is 5.62. The quantitative estimate of drug-likeness (QED) is 0.311. The number of aromatic nitrogens is 3. The summed E-state index contributed by atoms with van der Waals surface area (Å²) in [5, 5.41) is 3.33. The van der Waals surface area contributed by atoms with Gasteiger partial charge in [-0.05, 0) is 49.2 Å². The van der Waals surface area contributed by atoms with Crippen LogP contribution in [0.3, 0.4) is 0 Å². The smallest absolute Gasteiger partial charge is 0.254 e. The van der Waals surface area contributed by atoms with E-state index in [1.54, 1.807) is 23.0 Å². The van der Waals surface area contributed by atoms with Gasteiger partial charge in [-0.2, -0.15) is 0 Å². The van der Waals surface area contributed by atoms with Crippen LogP contribution in [0, 0.1) is 18.8 Å². The van der Waals surface area contributed by atoms with Crippen LogP contribution in [0.4, 0.5) is 0 Å². The van der Waals surface area contributed by atoms with Crippen molar-refractivity contribution in [2.24, 2.45) is 0 Å². The molecular weight excluding hydrogens is 436 g/mol. The Morgan fingerprint density at radius 3 is 2.46 bits per heavy atom. The highest BCUT2D eigenvalue weighted by molar-refractivity contribution is 5.37. The predicted molar refractivity (Wildman–Crippen MR) is 137 cm³/mol. The summed E-state index contributed by atoms with van der Waals surface area (Å²) in [5.41, 5.74) is 3.92. The number of nitrogens with zero attached hydrogens (tertiary/aromatic N) is 3. The molecule has 4 aromatic rings. The molecule has 0 radical (unpaired) electrons. The maximum Gasteiger partial charge on any atom is 0.254 e. The first kappa shape index (κ1) is 23.9. The van der Waals surface area contributed by atoms with E-state index in [9.17, 15) is 4.79 Å². The number of hydrogen-bond acceptors (Lipinski definition) is 5. The van der Waals surface area contributed by atoms with Crippen molar-refractivity contribution in [3.05, 3.63) is 124 Å². The van der Waals surface area contributed by atoms with Crippen LogP contribution in [0.5, 0.6) is 5.75 Å². The highest BCUT2D eigenvalue weighted by atomic mass is 16.5. The highest BCUT2D eigenvalue weighted by Crippen LogP contribution is 2.21. The molecule has 0 spiro atoms. The normalized spacial score (nSPS) is 11.4. The van der Waals surface area contributed by atoms with Crippen molar-refractivity contribution in [3.8, 4) is 17.6 Å². The minimum atomic E-state index is -0.122. The summed E-state index contributed by atoms with van der Waals surface area (Å²) >= 11 is 0. The highest BCUT2D eigenvalue weighted by Gasteiger charge is 2.13. The van der Waals surface area contributed by atoms with Gasteiger partial charge in [-0.1, -0.05) is 54.3 Å². The molecule has 35 heavy (non-hydrogen) atoms. The molecule has 0 aliphatic carbocycles. The standard InChI is InChI=1S/C29H28N4O2/c1-22-18-27(35-21-28-31-16-7-17-32-28)19-29(34)33(22)23(2)26-13-11-24(12-14-26)10-6-15-30-20-25-8-4-3-5-9-25/h3-5,7-9,11-14,16-19,23,30H,15,20-21H2,1-2H3/t23-/m1/s1. The number of benzene rings is 2. The van der Waals surface area contributed by atoms with E-state index in [1.807, 2.05) is 62.4 Å². The second-order valence-electron chi connectivity index (χ2n) is 8.18. The molecule has 0 unspecified atom stereocenters. The van der Waals surface area contributed by atoms with Gasteiger partial charge in [0.1, 0.15) is 12.4 Å². The first-order valence-electron chi connectivity index (χ1n) is 11.6. The molecule has 2 heterocycles. The Labute approximate surface area is 205 Å². The first-order valence-corrected chi connectivity index (χ1v) is 11.6. The van der Waals surface area contributed by atoms with E-state index in [-0.39, 0.29) is 18.2 Å². The molecule has 4 rings (SSSR count). The number of nitrogens with one attached hydrogen (secondary N) is 1. The van der Waals surface area contributed by atoms with Crippen molar-refractivity contribution in [1.82, 2.24) is 19.9 Å². The molecule has 0 aliphatic rings. The van der Waals surface area contributed by atoms with Crippen LogP contribution in [0.1, 0.15) is 41.2 Å². The lowest BCUT2D eigenvalue weighted by molar-refractivity contribution is 0.294. The van der Waals surface area contributed by atoms with E-state index < -0.39 is 0 Å². The fourth-order valence-electron chi connectivity index (χ4n) is 3.82. The molecule has 6 nitrogen and oxygen atoms in total. The lowest BCUT2D eigenvalue weighted by Gasteiger charge is -2.19. The van der Waals surface area contributed by atoms with Gasteiger partial charge in [-0.15, -0.1) is 0 Å².